The van der Waals surface area contributed by atoms with Crippen LogP contribution in [0.3, 0.4) is 0 Å². The van der Waals surface area contributed by atoms with Gasteiger partial charge in [-0.1, -0.05) is 6.92 Å². The summed E-state index contributed by atoms with van der Waals surface area (Å²) in [5, 5.41) is -0.00662. The molecule has 1 atom stereocenters. The van der Waals surface area contributed by atoms with E-state index in [9.17, 15) is 0 Å². The monoisotopic (exact) mass is 334 g/mol. The topological polar surface area (TPSA) is 0 Å². The van der Waals surface area contributed by atoms with Crippen LogP contribution < -0.4 is 0 Å². The van der Waals surface area contributed by atoms with Crippen molar-refractivity contribution in [2.45, 2.75) is 25.6 Å². The van der Waals surface area contributed by atoms with E-state index in [4.69, 9.17) is 11.6 Å². The van der Waals surface area contributed by atoms with E-state index in [-0.39, 0.29) is 5.38 Å². The SMILES string of the molecule is CCc1ccc(C(Cl)c2cc(Br)sc2C)s1. The van der Waals surface area contributed by atoms with Gasteiger partial charge in [-0.2, -0.15) is 0 Å². The predicted molar refractivity (Wildman–Crippen MR) is 78.1 cm³/mol. The first-order chi connectivity index (χ1) is 7.61. The zero-order valence-corrected chi connectivity index (χ0v) is 13.1. The molecule has 0 aliphatic heterocycles. The first kappa shape index (κ1) is 12.6. The Hall–Kier alpha value is 0.170. The molecule has 0 aromatic carbocycles. The van der Waals surface area contributed by atoms with Crippen LogP contribution in [0.15, 0.2) is 22.0 Å². The summed E-state index contributed by atoms with van der Waals surface area (Å²) in [6.45, 7) is 4.29. The lowest BCUT2D eigenvalue weighted by Crippen LogP contribution is -1.89. The van der Waals surface area contributed by atoms with E-state index < -0.39 is 0 Å². The number of hydrogen-bond donors (Lipinski definition) is 0. The molecule has 0 aliphatic carbocycles. The van der Waals surface area contributed by atoms with E-state index in [1.54, 1.807) is 11.3 Å². The maximum absolute atomic E-state index is 6.52. The molecule has 0 N–H and O–H groups in total. The van der Waals surface area contributed by atoms with Gasteiger partial charge in [0, 0.05) is 14.6 Å². The molecule has 2 aromatic rings. The van der Waals surface area contributed by atoms with Gasteiger partial charge < -0.3 is 0 Å². The highest BCUT2D eigenvalue weighted by molar-refractivity contribution is 9.11. The van der Waals surface area contributed by atoms with Crippen LogP contribution >= 0.6 is 50.2 Å². The smallest absolute Gasteiger partial charge is 0.0938 e. The van der Waals surface area contributed by atoms with Crippen LogP contribution in [0.5, 0.6) is 0 Å². The van der Waals surface area contributed by atoms with Crippen LogP contribution in [0.1, 0.15) is 32.5 Å². The van der Waals surface area contributed by atoms with Crippen LogP contribution in [-0.4, -0.2) is 0 Å². The molecule has 86 valence electrons. The van der Waals surface area contributed by atoms with Gasteiger partial charge in [-0.05, 0) is 53.0 Å². The van der Waals surface area contributed by atoms with E-state index in [1.807, 2.05) is 11.3 Å². The van der Waals surface area contributed by atoms with Crippen molar-refractivity contribution in [3.05, 3.63) is 42.2 Å². The molecule has 0 saturated heterocycles. The van der Waals surface area contributed by atoms with E-state index >= 15 is 0 Å². The van der Waals surface area contributed by atoms with Gasteiger partial charge in [-0.15, -0.1) is 34.3 Å². The van der Waals surface area contributed by atoms with Crippen molar-refractivity contribution in [2.24, 2.45) is 0 Å². The number of rotatable bonds is 3. The van der Waals surface area contributed by atoms with Crippen molar-refractivity contribution in [1.29, 1.82) is 0 Å². The number of hydrogen-bond acceptors (Lipinski definition) is 2. The largest absolute Gasteiger partial charge is 0.143 e. The normalized spacial score (nSPS) is 13.0. The molecule has 0 aliphatic rings. The molecular weight excluding hydrogens is 324 g/mol. The molecule has 16 heavy (non-hydrogen) atoms. The molecule has 0 bridgehead atoms. The van der Waals surface area contributed by atoms with Crippen molar-refractivity contribution in [3.8, 4) is 0 Å². The fraction of sp³-hybridized carbons (Fsp3) is 0.333. The minimum Gasteiger partial charge on any atom is -0.143 e. The third-order valence-electron chi connectivity index (χ3n) is 2.48. The second-order valence-corrected chi connectivity index (χ2v) is 7.85. The lowest BCUT2D eigenvalue weighted by molar-refractivity contribution is 1.18. The fourth-order valence-corrected chi connectivity index (χ4v) is 4.78. The third-order valence-corrected chi connectivity index (χ3v) is 5.94. The van der Waals surface area contributed by atoms with Crippen molar-refractivity contribution < 1.29 is 0 Å². The van der Waals surface area contributed by atoms with E-state index in [2.05, 4.69) is 48.0 Å². The molecule has 1 unspecified atom stereocenters. The number of halogens is 2. The molecule has 0 fully saturated rings. The molecule has 0 nitrogen and oxygen atoms in total. The van der Waals surface area contributed by atoms with Crippen LogP contribution in [0.25, 0.3) is 0 Å². The standard InChI is InChI=1S/C12H12BrClS2/c1-3-8-4-5-10(16-8)12(14)9-6-11(13)15-7(9)2/h4-6,12H,3H2,1-2H3. The second-order valence-electron chi connectivity index (χ2n) is 3.58. The maximum atomic E-state index is 6.52. The van der Waals surface area contributed by atoms with Crippen molar-refractivity contribution in [2.75, 3.05) is 0 Å². The lowest BCUT2D eigenvalue weighted by atomic mass is 10.1. The Morgan fingerprint density at radius 2 is 2.12 bits per heavy atom. The molecule has 0 saturated carbocycles. The van der Waals surface area contributed by atoms with Gasteiger partial charge in [-0.25, -0.2) is 0 Å². The first-order valence-corrected chi connectivity index (χ1v) is 7.96. The summed E-state index contributed by atoms with van der Waals surface area (Å²) in [5.74, 6) is 0. The molecule has 2 rings (SSSR count). The molecule has 0 radical (unpaired) electrons. The zero-order valence-electron chi connectivity index (χ0n) is 9.09. The number of alkyl halides is 1. The number of aryl methyl sites for hydroxylation is 2. The van der Waals surface area contributed by atoms with Gasteiger partial charge in [0.2, 0.25) is 0 Å². The van der Waals surface area contributed by atoms with Gasteiger partial charge in [-0.3, -0.25) is 0 Å². The Morgan fingerprint density at radius 3 is 2.62 bits per heavy atom. The molecule has 0 amide bonds. The molecule has 2 aromatic heterocycles. The highest BCUT2D eigenvalue weighted by atomic mass is 79.9. The van der Waals surface area contributed by atoms with Gasteiger partial charge in [0.25, 0.3) is 0 Å². The number of thiophene rings is 2. The highest BCUT2D eigenvalue weighted by Gasteiger charge is 2.17. The minimum absolute atomic E-state index is 0.00662. The van der Waals surface area contributed by atoms with E-state index in [0.717, 1.165) is 10.2 Å². The summed E-state index contributed by atoms with van der Waals surface area (Å²) in [6, 6.07) is 6.45. The molecule has 4 heteroatoms. The Morgan fingerprint density at radius 1 is 1.38 bits per heavy atom. The van der Waals surface area contributed by atoms with Crippen LogP contribution in [-0.2, 0) is 6.42 Å². The molecule has 2 heterocycles. The summed E-state index contributed by atoms with van der Waals surface area (Å²) in [7, 11) is 0. The zero-order chi connectivity index (χ0) is 11.7. The van der Waals surface area contributed by atoms with Gasteiger partial charge in [0.1, 0.15) is 0 Å². The van der Waals surface area contributed by atoms with Gasteiger partial charge in [0.05, 0.1) is 9.16 Å². The Kier molecular flexibility index (Phi) is 4.11. The third kappa shape index (κ3) is 2.53. The van der Waals surface area contributed by atoms with Gasteiger partial charge >= 0.3 is 0 Å². The highest BCUT2D eigenvalue weighted by Crippen LogP contribution is 2.39. The molecule has 0 spiro atoms. The summed E-state index contributed by atoms with van der Waals surface area (Å²) in [5.41, 5.74) is 1.23. The average molecular weight is 336 g/mol. The Balaban J connectivity index is 2.31. The summed E-state index contributed by atoms with van der Waals surface area (Å²) >= 11 is 13.6. The van der Waals surface area contributed by atoms with Crippen molar-refractivity contribution >= 4 is 50.2 Å². The van der Waals surface area contributed by atoms with Crippen molar-refractivity contribution in [1.82, 2.24) is 0 Å². The van der Waals surface area contributed by atoms with Crippen LogP contribution in [0.2, 0.25) is 0 Å². The van der Waals surface area contributed by atoms with Crippen LogP contribution in [0.4, 0.5) is 0 Å². The first-order valence-electron chi connectivity index (χ1n) is 5.10. The Bertz CT molecular complexity index is 487. The molecular formula is C12H12BrClS2. The fourth-order valence-electron chi connectivity index (χ4n) is 1.58. The second kappa shape index (κ2) is 5.21. The van der Waals surface area contributed by atoms with E-state index in [1.165, 1.54) is 20.2 Å². The van der Waals surface area contributed by atoms with E-state index in [0.29, 0.717) is 0 Å². The lowest BCUT2D eigenvalue weighted by Gasteiger charge is -2.06. The summed E-state index contributed by atoms with van der Waals surface area (Å²) < 4.78 is 1.15. The maximum Gasteiger partial charge on any atom is 0.0938 e. The minimum atomic E-state index is -0.00662. The van der Waals surface area contributed by atoms with Crippen LogP contribution in [0, 0.1) is 6.92 Å². The summed E-state index contributed by atoms with van der Waals surface area (Å²) in [4.78, 5) is 3.93. The van der Waals surface area contributed by atoms with Crippen molar-refractivity contribution in [3.63, 3.8) is 0 Å². The predicted octanol–water partition coefficient (Wildman–Crippen LogP) is 5.77. The Labute approximate surface area is 117 Å². The quantitative estimate of drug-likeness (QED) is 0.624. The van der Waals surface area contributed by atoms with Gasteiger partial charge in [0.15, 0.2) is 0 Å². The average Bonchev–Trinajstić information content (AvgIpc) is 2.84. The summed E-state index contributed by atoms with van der Waals surface area (Å²) in [6.07, 6.45) is 1.08.